The second-order valence-corrected chi connectivity index (χ2v) is 4.64. The maximum Gasteiger partial charge on any atom is 0.223 e. The Morgan fingerprint density at radius 3 is 2.94 bits per heavy atom. The summed E-state index contributed by atoms with van der Waals surface area (Å²) in [6, 6.07) is 1.84. The molecule has 6 heteroatoms. The molecule has 6 nitrogen and oxygen atoms in total. The van der Waals surface area contributed by atoms with Crippen LogP contribution in [-0.2, 0) is 0 Å². The highest BCUT2D eigenvalue weighted by atomic mass is 15.3. The Labute approximate surface area is 101 Å². The van der Waals surface area contributed by atoms with E-state index in [4.69, 9.17) is 11.6 Å². The van der Waals surface area contributed by atoms with Crippen LogP contribution in [0.3, 0.4) is 0 Å². The summed E-state index contributed by atoms with van der Waals surface area (Å²) < 4.78 is 0. The highest BCUT2D eigenvalue weighted by Crippen LogP contribution is 2.22. The summed E-state index contributed by atoms with van der Waals surface area (Å²) in [5.41, 5.74) is 8.18. The van der Waals surface area contributed by atoms with Crippen LogP contribution in [0, 0.1) is 5.92 Å². The van der Waals surface area contributed by atoms with Gasteiger partial charge >= 0.3 is 0 Å². The molecular formula is C11H20N6. The number of nitrogens with two attached hydrogens (primary N) is 2. The molecule has 0 bridgehead atoms. The van der Waals surface area contributed by atoms with Gasteiger partial charge in [-0.2, -0.15) is 9.97 Å². The quantitative estimate of drug-likeness (QED) is 0.523. The fourth-order valence-electron chi connectivity index (χ4n) is 2.18. The first-order valence-electron chi connectivity index (χ1n) is 6.05. The Morgan fingerprint density at radius 2 is 2.18 bits per heavy atom. The van der Waals surface area contributed by atoms with Gasteiger partial charge in [0.1, 0.15) is 11.6 Å². The van der Waals surface area contributed by atoms with E-state index in [1.165, 1.54) is 19.3 Å². The molecule has 94 valence electrons. The van der Waals surface area contributed by atoms with Crippen LogP contribution in [0.25, 0.3) is 0 Å². The van der Waals surface area contributed by atoms with E-state index in [0.29, 0.717) is 5.82 Å². The minimum atomic E-state index is 0.257. The molecule has 5 N–H and O–H groups in total. The Hall–Kier alpha value is -1.56. The predicted octanol–water partition coefficient (Wildman–Crippen LogP) is 0.971. The number of anilines is 3. The number of hydrogen-bond acceptors (Lipinski definition) is 6. The van der Waals surface area contributed by atoms with Gasteiger partial charge in [-0.25, -0.2) is 5.84 Å². The van der Waals surface area contributed by atoms with Crippen molar-refractivity contribution in [2.45, 2.75) is 26.2 Å². The zero-order valence-corrected chi connectivity index (χ0v) is 10.2. The molecule has 0 spiro atoms. The summed E-state index contributed by atoms with van der Waals surface area (Å²) in [6.07, 6.45) is 3.66. The largest absolute Gasteiger partial charge is 0.368 e. The molecular weight excluding hydrogens is 216 g/mol. The van der Waals surface area contributed by atoms with Crippen LogP contribution in [0.2, 0.25) is 0 Å². The SMILES string of the molecule is CC1CCCN(c2cc(NN)nc(N)n2)CC1. The summed E-state index contributed by atoms with van der Waals surface area (Å²) in [5, 5.41) is 0. The van der Waals surface area contributed by atoms with E-state index in [9.17, 15) is 0 Å². The Morgan fingerprint density at radius 1 is 1.35 bits per heavy atom. The van der Waals surface area contributed by atoms with Crippen molar-refractivity contribution in [3.05, 3.63) is 6.07 Å². The molecule has 0 aromatic carbocycles. The second-order valence-electron chi connectivity index (χ2n) is 4.64. The van der Waals surface area contributed by atoms with E-state index in [1.807, 2.05) is 6.07 Å². The lowest BCUT2D eigenvalue weighted by molar-refractivity contribution is 0.521. The number of nitrogen functional groups attached to an aromatic ring is 2. The van der Waals surface area contributed by atoms with Gasteiger partial charge in [-0.05, 0) is 25.2 Å². The van der Waals surface area contributed by atoms with Gasteiger partial charge in [0, 0.05) is 19.2 Å². The average Bonchev–Trinajstić information content (AvgIpc) is 2.53. The van der Waals surface area contributed by atoms with Gasteiger partial charge in [0.15, 0.2) is 0 Å². The topological polar surface area (TPSA) is 93.1 Å². The van der Waals surface area contributed by atoms with E-state index in [-0.39, 0.29) is 5.95 Å². The first kappa shape index (κ1) is 11.9. The molecule has 1 saturated heterocycles. The van der Waals surface area contributed by atoms with Crippen molar-refractivity contribution in [2.24, 2.45) is 11.8 Å². The first-order chi connectivity index (χ1) is 8.19. The average molecular weight is 236 g/mol. The Kier molecular flexibility index (Phi) is 3.63. The third kappa shape index (κ3) is 2.97. The Bertz CT molecular complexity index is 380. The van der Waals surface area contributed by atoms with E-state index < -0.39 is 0 Å². The van der Waals surface area contributed by atoms with Gasteiger partial charge in [-0.15, -0.1) is 0 Å². The molecule has 0 radical (unpaired) electrons. The summed E-state index contributed by atoms with van der Waals surface area (Å²) in [7, 11) is 0. The monoisotopic (exact) mass is 236 g/mol. The molecule has 2 heterocycles. The minimum Gasteiger partial charge on any atom is -0.368 e. The number of aromatic nitrogens is 2. The standard InChI is InChI=1S/C11H20N6/c1-8-3-2-5-17(6-4-8)10-7-9(16-13)14-11(12)15-10/h7-8H,2-6,13H2,1H3,(H3,12,14,15,16). The molecule has 1 aliphatic rings. The number of hydrazine groups is 1. The van der Waals surface area contributed by atoms with Gasteiger partial charge in [0.25, 0.3) is 0 Å². The fourth-order valence-corrected chi connectivity index (χ4v) is 2.18. The van der Waals surface area contributed by atoms with Crippen molar-refractivity contribution in [3.63, 3.8) is 0 Å². The molecule has 0 amide bonds. The molecule has 0 aliphatic carbocycles. The van der Waals surface area contributed by atoms with Crippen LogP contribution in [-0.4, -0.2) is 23.1 Å². The number of hydrogen-bond donors (Lipinski definition) is 3. The maximum absolute atomic E-state index is 5.66. The molecule has 1 aliphatic heterocycles. The predicted molar refractivity (Wildman–Crippen MR) is 69.5 cm³/mol. The molecule has 1 aromatic rings. The molecule has 1 unspecified atom stereocenters. The van der Waals surface area contributed by atoms with Gasteiger partial charge in [-0.3, -0.25) is 0 Å². The normalized spacial score (nSPS) is 21.1. The third-order valence-electron chi connectivity index (χ3n) is 3.22. The number of nitrogens with one attached hydrogen (secondary N) is 1. The number of rotatable bonds is 2. The van der Waals surface area contributed by atoms with Crippen LogP contribution in [0.4, 0.5) is 17.6 Å². The van der Waals surface area contributed by atoms with Crippen LogP contribution < -0.4 is 21.9 Å². The smallest absolute Gasteiger partial charge is 0.223 e. The minimum absolute atomic E-state index is 0.257. The Balaban J connectivity index is 2.17. The highest BCUT2D eigenvalue weighted by molar-refractivity contribution is 5.52. The highest BCUT2D eigenvalue weighted by Gasteiger charge is 2.16. The zero-order chi connectivity index (χ0) is 12.3. The number of nitrogens with zero attached hydrogens (tertiary/aromatic N) is 3. The van der Waals surface area contributed by atoms with Crippen LogP contribution >= 0.6 is 0 Å². The van der Waals surface area contributed by atoms with Gasteiger partial charge in [-0.1, -0.05) is 6.92 Å². The second kappa shape index (κ2) is 5.18. The van der Waals surface area contributed by atoms with E-state index in [1.54, 1.807) is 0 Å². The van der Waals surface area contributed by atoms with Gasteiger partial charge in [0.05, 0.1) is 0 Å². The summed E-state index contributed by atoms with van der Waals surface area (Å²) in [6.45, 7) is 4.33. The van der Waals surface area contributed by atoms with Crippen LogP contribution in [0.15, 0.2) is 6.07 Å². The van der Waals surface area contributed by atoms with Crippen molar-refractivity contribution in [3.8, 4) is 0 Å². The molecule has 2 rings (SSSR count). The van der Waals surface area contributed by atoms with Crippen LogP contribution in [0.1, 0.15) is 26.2 Å². The van der Waals surface area contributed by atoms with E-state index >= 15 is 0 Å². The lowest BCUT2D eigenvalue weighted by atomic mass is 10.0. The molecule has 1 atom stereocenters. The van der Waals surface area contributed by atoms with Crippen LogP contribution in [0.5, 0.6) is 0 Å². The summed E-state index contributed by atoms with van der Waals surface area (Å²) >= 11 is 0. The van der Waals surface area contributed by atoms with Crippen molar-refractivity contribution in [2.75, 3.05) is 29.1 Å². The lowest BCUT2D eigenvalue weighted by Gasteiger charge is -2.22. The molecule has 1 aromatic heterocycles. The summed E-state index contributed by atoms with van der Waals surface area (Å²) in [5.74, 6) is 7.82. The molecule has 17 heavy (non-hydrogen) atoms. The first-order valence-corrected chi connectivity index (χ1v) is 6.05. The lowest BCUT2D eigenvalue weighted by Crippen LogP contribution is -2.26. The maximum atomic E-state index is 5.66. The molecule has 1 fully saturated rings. The van der Waals surface area contributed by atoms with Gasteiger partial charge < -0.3 is 16.1 Å². The fraction of sp³-hybridized carbons (Fsp3) is 0.636. The van der Waals surface area contributed by atoms with E-state index in [2.05, 4.69) is 27.2 Å². The summed E-state index contributed by atoms with van der Waals surface area (Å²) in [4.78, 5) is 10.5. The van der Waals surface area contributed by atoms with E-state index in [0.717, 1.165) is 24.8 Å². The molecule has 0 saturated carbocycles. The van der Waals surface area contributed by atoms with Crippen molar-refractivity contribution >= 4 is 17.6 Å². The van der Waals surface area contributed by atoms with Gasteiger partial charge in [0.2, 0.25) is 5.95 Å². The van der Waals surface area contributed by atoms with Crippen molar-refractivity contribution < 1.29 is 0 Å². The third-order valence-corrected chi connectivity index (χ3v) is 3.22. The van der Waals surface area contributed by atoms with Crippen molar-refractivity contribution in [1.82, 2.24) is 9.97 Å². The van der Waals surface area contributed by atoms with Crippen molar-refractivity contribution in [1.29, 1.82) is 0 Å². The zero-order valence-electron chi connectivity index (χ0n) is 10.2.